The van der Waals surface area contributed by atoms with Crippen molar-refractivity contribution in [2.24, 2.45) is 4.99 Å². The van der Waals surface area contributed by atoms with E-state index in [9.17, 15) is 17.6 Å². The number of amidine groups is 1. The van der Waals surface area contributed by atoms with Crippen molar-refractivity contribution in [1.82, 2.24) is 0 Å². The molecule has 9 heteroatoms. The molecule has 2 aromatic rings. The number of para-hydroxylation sites is 1. The number of nitrogens with zero attached hydrogens (tertiary/aromatic N) is 2. The molecule has 0 saturated carbocycles. The maximum atomic E-state index is 13.8. The van der Waals surface area contributed by atoms with Crippen LogP contribution in [0.25, 0.3) is 0 Å². The Kier molecular flexibility index (Phi) is 5.35. The summed E-state index contributed by atoms with van der Waals surface area (Å²) in [5.41, 5.74) is 0.477. The summed E-state index contributed by atoms with van der Waals surface area (Å²) in [4.78, 5) is 18.5. The zero-order chi connectivity index (χ0) is 20.6. The fourth-order valence-electron chi connectivity index (χ4n) is 3.43. The smallest absolute Gasteiger partial charge is 0.288 e. The van der Waals surface area contributed by atoms with Crippen LogP contribution < -0.4 is 9.64 Å². The van der Waals surface area contributed by atoms with Crippen molar-refractivity contribution in [2.75, 3.05) is 16.4 Å². The van der Waals surface area contributed by atoms with Gasteiger partial charge in [-0.15, -0.1) is 0 Å². The predicted octanol–water partition coefficient (Wildman–Crippen LogP) is 2.89. The number of fused-ring (bicyclic) bond motifs is 1. The molecule has 0 aromatic heterocycles. The first kappa shape index (κ1) is 19.9. The minimum absolute atomic E-state index is 0.0113. The summed E-state index contributed by atoms with van der Waals surface area (Å²) in [6.07, 6.45) is -0.816. The zero-order valence-electron chi connectivity index (χ0n) is 15.6. The first-order valence-corrected chi connectivity index (χ1v) is 11.8. The topological polar surface area (TPSA) is 76.0 Å². The maximum absolute atomic E-state index is 13.8. The second-order valence-corrected chi connectivity index (χ2v) is 10.3. The molecule has 0 aliphatic carbocycles. The van der Waals surface area contributed by atoms with Gasteiger partial charge in [-0.05, 0) is 37.3 Å². The summed E-state index contributed by atoms with van der Waals surface area (Å²) in [6, 6.07) is 14.4. The molecule has 3 atom stereocenters. The average molecular weight is 435 g/mol. The Morgan fingerprint density at radius 2 is 1.97 bits per heavy atom. The number of hydrogen-bond donors (Lipinski definition) is 0. The van der Waals surface area contributed by atoms with Crippen LogP contribution in [0.3, 0.4) is 0 Å². The van der Waals surface area contributed by atoms with Gasteiger partial charge in [-0.2, -0.15) is 4.99 Å². The Labute approximate surface area is 172 Å². The van der Waals surface area contributed by atoms with Gasteiger partial charge in [0.05, 0.1) is 17.5 Å². The third kappa shape index (κ3) is 4.30. The molecule has 2 heterocycles. The average Bonchev–Trinajstić information content (AvgIpc) is 3.13. The zero-order valence-corrected chi connectivity index (χ0v) is 17.2. The van der Waals surface area contributed by atoms with Gasteiger partial charge in [0, 0.05) is 10.9 Å². The molecule has 4 rings (SSSR count). The first-order chi connectivity index (χ1) is 13.8. The van der Waals surface area contributed by atoms with E-state index in [1.54, 1.807) is 48.2 Å². The highest BCUT2D eigenvalue weighted by Crippen LogP contribution is 2.41. The number of carbonyl (C=O) groups excluding carboxylic acids is 1. The minimum atomic E-state index is -3.19. The number of carbonyl (C=O) groups is 1. The van der Waals surface area contributed by atoms with Crippen LogP contribution in [0.2, 0.25) is 0 Å². The number of aliphatic imine (C=N–C) groups is 1. The van der Waals surface area contributed by atoms with Crippen LogP contribution in [-0.4, -0.2) is 48.4 Å². The number of benzene rings is 2. The molecule has 2 fully saturated rings. The largest absolute Gasteiger partial charge is 0.481 e. The van der Waals surface area contributed by atoms with Gasteiger partial charge in [0.15, 0.2) is 21.1 Å². The van der Waals surface area contributed by atoms with Crippen LogP contribution in [-0.2, 0) is 14.6 Å². The Morgan fingerprint density at radius 1 is 1.21 bits per heavy atom. The number of thioether (sulfide) groups is 1. The van der Waals surface area contributed by atoms with E-state index in [2.05, 4.69) is 4.99 Å². The second-order valence-electron chi connectivity index (χ2n) is 6.96. The van der Waals surface area contributed by atoms with Crippen molar-refractivity contribution in [3.63, 3.8) is 0 Å². The molecular weight excluding hydrogens is 415 g/mol. The maximum Gasteiger partial charge on any atom is 0.288 e. The van der Waals surface area contributed by atoms with Crippen LogP contribution in [0, 0.1) is 5.82 Å². The molecule has 2 aliphatic rings. The lowest BCUT2D eigenvalue weighted by atomic mass is 10.2. The number of halogens is 1. The van der Waals surface area contributed by atoms with Gasteiger partial charge in [-0.1, -0.05) is 36.0 Å². The van der Waals surface area contributed by atoms with Gasteiger partial charge < -0.3 is 9.64 Å². The number of anilines is 1. The Hall–Kier alpha value is -2.39. The van der Waals surface area contributed by atoms with Gasteiger partial charge in [0.1, 0.15) is 11.6 Å². The molecule has 2 saturated heterocycles. The molecule has 2 aliphatic heterocycles. The molecule has 0 radical (unpaired) electrons. The van der Waals surface area contributed by atoms with E-state index in [4.69, 9.17) is 4.74 Å². The number of amides is 1. The first-order valence-electron chi connectivity index (χ1n) is 9.08. The van der Waals surface area contributed by atoms with E-state index in [0.717, 1.165) is 0 Å². The van der Waals surface area contributed by atoms with E-state index >= 15 is 0 Å². The number of hydrogen-bond acceptors (Lipinski definition) is 5. The summed E-state index contributed by atoms with van der Waals surface area (Å²) in [6.45, 7) is 1.61. The van der Waals surface area contributed by atoms with Crippen LogP contribution in [0.15, 0.2) is 59.6 Å². The minimum Gasteiger partial charge on any atom is -0.481 e. The van der Waals surface area contributed by atoms with Crippen molar-refractivity contribution in [3.05, 3.63) is 60.4 Å². The standard InChI is InChI=1S/C20H19FN2O4S2/c1-13(27-16-8-3-2-4-9-16)19(24)22-20-23(15-7-5-6-14(21)10-15)17-11-29(25,26)12-18(17)28-20/h2-10,13,17-18H,11-12H2,1H3/t13-,17+,18+/m1/s1. The monoisotopic (exact) mass is 434 g/mol. The lowest BCUT2D eigenvalue weighted by molar-refractivity contribution is -0.123. The quantitative estimate of drug-likeness (QED) is 0.737. The van der Waals surface area contributed by atoms with Crippen LogP contribution in [0.4, 0.5) is 10.1 Å². The fraction of sp³-hybridized carbons (Fsp3) is 0.300. The summed E-state index contributed by atoms with van der Waals surface area (Å²) < 4.78 is 43.6. The van der Waals surface area contributed by atoms with Crippen molar-refractivity contribution in [1.29, 1.82) is 0 Å². The molecule has 0 bridgehead atoms. The van der Waals surface area contributed by atoms with E-state index in [1.807, 2.05) is 6.07 Å². The summed E-state index contributed by atoms with van der Waals surface area (Å²) in [7, 11) is -3.19. The van der Waals surface area contributed by atoms with Gasteiger partial charge in [0.25, 0.3) is 5.91 Å². The predicted molar refractivity (Wildman–Crippen MR) is 112 cm³/mol. The van der Waals surface area contributed by atoms with E-state index in [1.165, 1.54) is 23.9 Å². The van der Waals surface area contributed by atoms with Crippen LogP contribution >= 0.6 is 11.8 Å². The van der Waals surface area contributed by atoms with Crippen molar-refractivity contribution in [2.45, 2.75) is 24.3 Å². The molecule has 152 valence electrons. The second kappa shape index (κ2) is 7.79. The normalized spacial score (nSPS) is 25.0. The molecule has 6 nitrogen and oxygen atoms in total. The van der Waals surface area contributed by atoms with E-state index < -0.39 is 27.7 Å². The van der Waals surface area contributed by atoms with Gasteiger partial charge in [-0.25, -0.2) is 12.8 Å². The summed E-state index contributed by atoms with van der Waals surface area (Å²) in [5.74, 6) is -0.413. The Morgan fingerprint density at radius 3 is 2.69 bits per heavy atom. The third-order valence-electron chi connectivity index (χ3n) is 4.76. The highest BCUT2D eigenvalue weighted by Gasteiger charge is 2.49. The number of rotatable bonds is 4. The number of ether oxygens (including phenoxy) is 1. The van der Waals surface area contributed by atoms with Crippen molar-refractivity contribution >= 4 is 38.4 Å². The highest BCUT2D eigenvalue weighted by molar-refractivity contribution is 8.16. The lowest BCUT2D eigenvalue weighted by Gasteiger charge is -2.24. The van der Waals surface area contributed by atoms with Gasteiger partial charge in [-0.3, -0.25) is 4.79 Å². The van der Waals surface area contributed by atoms with Crippen LogP contribution in [0.1, 0.15) is 6.92 Å². The third-order valence-corrected chi connectivity index (χ3v) is 7.97. The molecule has 0 unspecified atom stereocenters. The molecule has 2 aromatic carbocycles. The summed E-state index contributed by atoms with van der Waals surface area (Å²) in [5, 5.41) is 0.120. The molecule has 29 heavy (non-hydrogen) atoms. The van der Waals surface area contributed by atoms with E-state index in [-0.39, 0.29) is 22.8 Å². The SMILES string of the molecule is C[C@@H](Oc1ccccc1)C(=O)N=C1S[C@H]2CS(=O)(=O)C[C@@H]2N1c1cccc(F)c1. The fourth-order valence-corrected chi connectivity index (χ4v) is 7.35. The molecule has 1 amide bonds. The lowest BCUT2D eigenvalue weighted by Crippen LogP contribution is -2.38. The summed E-state index contributed by atoms with van der Waals surface area (Å²) >= 11 is 1.24. The van der Waals surface area contributed by atoms with Gasteiger partial charge >= 0.3 is 0 Å². The van der Waals surface area contributed by atoms with Gasteiger partial charge in [0.2, 0.25) is 0 Å². The highest BCUT2D eigenvalue weighted by atomic mass is 32.2. The van der Waals surface area contributed by atoms with Crippen LogP contribution in [0.5, 0.6) is 5.75 Å². The van der Waals surface area contributed by atoms with Crippen molar-refractivity contribution < 1.29 is 22.3 Å². The molecular formula is C20H19FN2O4S2. The Balaban J connectivity index is 1.61. The Bertz CT molecular complexity index is 1060. The van der Waals surface area contributed by atoms with E-state index in [0.29, 0.717) is 16.6 Å². The molecule has 0 spiro atoms. The van der Waals surface area contributed by atoms with Crippen molar-refractivity contribution in [3.8, 4) is 5.75 Å². The molecule has 0 N–H and O–H groups in total. The number of sulfone groups is 1.